The Balaban J connectivity index is 1.73. The standard InChI is InChI=1S/C18H21NO/c1-3-15-4-6-16(7-5-15)12-13-19-14-17-8-10-18(20-2)11-9-17/h3-11,19H,1,12-14H2,2H3. The maximum absolute atomic E-state index is 5.14. The van der Waals surface area contributed by atoms with E-state index in [1.165, 1.54) is 16.7 Å². The Labute approximate surface area is 121 Å². The molecule has 0 aliphatic carbocycles. The first-order valence-electron chi connectivity index (χ1n) is 6.87. The Morgan fingerprint density at radius 2 is 1.65 bits per heavy atom. The molecule has 0 saturated carbocycles. The molecule has 20 heavy (non-hydrogen) atoms. The van der Waals surface area contributed by atoms with Crippen LogP contribution in [-0.2, 0) is 13.0 Å². The van der Waals surface area contributed by atoms with Crippen molar-refractivity contribution in [2.24, 2.45) is 0 Å². The molecule has 1 N–H and O–H groups in total. The molecule has 2 nitrogen and oxygen atoms in total. The van der Waals surface area contributed by atoms with Crippen molar-refractivity contribution in [2.75, 3.05) is 13.7 Å². The van der Waals surface area contributed by atoms with Gasteiger partial charge in [0.2, 0.25) is 0 Å². The van der Waals surface area contributed by atoms with Gasteiger partial charge in [0.15, 0.2) is 0 Å². The molecule has 2 aromatic rings. The van der Waals surface area contributed by atoms with Gasteiger partial charge in [-0.2, -0.15) is 0 Å². The number of hydrogen-bond donors (Lipinski definition) is 1. The van der Waals surface area contributed by atoms with E-state index in [9.17, 15) is 0 Å². The second kappa shape index (κ2) is 7.51. The number of rotatable bonds is 7. The second-order valence-electron chi connectivity index (χ2n) is 4.72. The van der Waals surface area contributed by atoms with Gasteiger partial charge in [-0.25, -0.2) is 0 Å². The van der Waals surface area contributed by atoms with Gasteiger partial charge in [-0.1, -0.05) is 49.1 Å². The van der Waals surface area contributed by atoms with E-state index in [2.05, 4.69) is 48.3 Å². The number of ether oxygens (including phenoxy) is 1. The van der Waals surface area contributed by atoms with E-state index in [1.807, 2.05) is 18.2 Å². The van der Waals surface area contributed by atoms with Crippen LogP contribution in [0.3, 0.4) is 0 Å². The first-order valence-corrected chi connectivity index (χ1v) is 6.87. The highest BCUT2D eigenvalue weighted by Crippen LogP contribution is 2.11. The summed E-state index contributed by atoms with van der Waals surface area (Å²) in [6.07, 6.45) is 2.90. The van der Waals surface area contributed by atoms with Gasteiger partial charge in [0, 0.05) is 6.54 Å². The Morgan fingerprint density at radius 1 is 1.00 bits per heavy atom. The van der Waals surface area contributed by atoms with Crippen molar-refractivity contribution < 1.29 is 4.74 Å². The van der Waals surface area contributed by atoms with Crippen LogP contribution >= 0.6 is 0 Å². The number of nitrogens with one attached hydrogen (secondary N) is 1. The number of hydrogen-bond acceptors (Lipinski definition) is 2. The van der Waals surface area contributed by atoms with E-state index in [1.54, 1.807) is 7.11 Å². The summed E-state index contributed by atoms with van der Waals surface area (Å²) in [5, 5.41) is 3.46. The maximum atomic E-state index is 5.14. The molecule has 0 heterocycles. The molecule has 2 rings (SSSR count). The monoisotopic (exact) mass is 267 g/mol. The average molecular weight is 267 g/mol. The summed E-state index contributed by atoms with van der Waals surface area (Å²) in [6.45, 7) is 5.62. The molecule has 0 unspecified atom stereocenters. The van der Waals surface area contributed by atoms with Gasteiger partial charge in [-0.3, -0.25) is 0 Å². The highest BCUT2D eigenvalue weighted by molar-refractivity contribution is 5.47. The van der Waals surface area contributed by atoms with Crippen LogP contribution in [0.2, 0.25) is 0 Å². The van der Waals surface area contributed by atoms with Crippen LogP contribution in [0.1, 0.15) is 16.7 Å². The first-order chi connectivity index (χ1) is 9.81. The minimum Gasteiger partial charge on any atom is -0.497 e. The summed E-state index contributed by atoms with van der Waals surface area (Å²) >= 11 is 0. The largest absolute Gasteiger partial charge is 0.497 e. The molecule has 0 radical (unpaired) electrons. The Kier molecular flexibility index (Phi) is 5.39. The molecule has 0 spiro atoms. The van der Waals surface area contributed by atoms with Crippen molar-refractivity contribution in [3.05, 3.63) is 71.8 Å². The fourth-order valence-corrected chi connectivity index (χ4v) is 2.03. The molecule has 0 atom stereocenters. The topological polar surface area (TPSA) is 21.3 Å². The molecule has 0 aromatic heterocycles. The maximum Gasteiger partial charge on any atom is 0.118 e. The van der Waals surface area contributed by atoms with Gasteiger partial charge in [0.05, 0.1) is 7.11 Å². The Bertz CT molecular complexity index is 528. The van der Waals surface area contributed by atoms with Crippen LogP contribution in [-0.4, -0.2) is 13.7 Å². The smallest absolute Gasteiger partial charge is 0.118 e. The van der Waals surface area contributed by atoms with Crippen LogP contribution < -0.4 is 10.1 Å². The lowest BCUT2D eigenvalue weighted by atomic mass is 10.1. The Morgan fingerprint density at radius 3 is 2.25 bits per heavy atom. The quantitative estimate of drug-likeness (QED) is 0.773. The van der Waals surface area contributed by atoms with Crippen molar-refractivity contribution in [1.82, 2.24) is 5.32 Å². The number of benzene rings is 2. The van der Waals surface area contributed by atoms with E-state index in [-0.39, 0.29) is 0 Å². The van der Waals surface area contributed by atoms with Crippen molar-refractivity contribution in [2.45, 2.75) is 13.0 Å². The summed E-state index contributed by atoms with van der Waals surface area (Å²) in [7, 11) is 1.69. The molecular weight excluding hydrogens is 246 g/mol. The third kappa shape index (κ3) is 4.25. The lowest BCUT2D eigenvalue weighted by Gasteiger charge is -2.06. The molecule has 0 aliphatic rings. The highest BCUT2D eigenvalue weighted by atomic mass is 16.5. The van der Waals surface area contributed by atoms with Gasteiger partial charge in [0.1, 0.15) is 5.75 Å². The lowest BCUT2D eigenvalue weighted by molar-refractivity contribution is 0.414. The summed E-state index contributed by atoms with van der Waals surface area (Å²) in [5.41, 5.74) is 3.78. The van der Waals surface area contributed by atoms with Gasteiger partial charge < -0.3 is 10.1 Å². The molecule has 104 valence electrons. The fourth-order valence-electron chi connectivity index (χ4n) is 2.03. The zero-order valence-electron chi connectivity index (χ0n) is 11.9. The fraction of sp³-hybridized carbons (Fsp3) is 0.222. The zero-order chi connectivity index (χ0) is 14.2. The van der Waals surface area contributed by atoms with Gasteiger partial charge >= 0.3 is 0 Å². The summed E-state index contributed by atoms with van der Waals surface area (Å²) < 4.78 is 5.14. The van der Waals surface area contributed by atoms with Crippen LogP contribution in [0, 0.1) is 0 Å². The molecule has 0 fully saturated rings. The van der Waals surface area contributed by atoms with E-state index >= 15 is 0 Å². The molecule has 0 saturated heterocycles. The van der Waals surface area contributed by atoms with E-state index < -0.39 is 0 Å². The van der Waals surface area contributed by atoms with Crippen molar-refractivity contribution in [3.8, 4) is 5.75 Å². The van der Waals surface area contributed by atoms with Crippen molar-refractivity contribution in [3.63, 3.8) is 0 Å². The van der Waals surface area contributed by atoms with Gasteiger partial charge in [0.25, 0.3) is 0 Å². The van der Waals surface area contributed by atoms with Crippen LogP contribution in [0.15, 0.2) is 55.1 Å². The third-order valence-corrected chi connectivity index (χ3v) is 3.29. The minimum absolute atomic E-state index is 0.884. The minimum atomic E-state index is 0.884. The van der Waals surface area contributed by atoms with Crippen molar-refractivity contribution in [1.29, 1.82) is 0 Å². The predicted octanol–water partition coefficient (Wildman–Crippen LogP) is 3.67. The summed E-state index contributed by atoms with van der Waals surface area (Å²) in [6, 6.07) is 16.7. The second-order valence-corrected chi connectivity index (χ2v) is 4.72. The molecule has 2 heteroatoms. The average Bonchev–Trinajstić information content (AvgIpc) is 2.53. The normalized spacial score (nSPS) is 10.2. The highest BCUT2D eigenvalue weighted by Gasteiger charge is 1.96. The van der Waals surface area contributed by atoms with Crippen LogP contribution in [0.4, 0.5) is 0 Å². The van der Waals surface area contributed by atoms with Crippen LogP contribution in [0.25, 0.3) is 6.08 Å². The summed E-state index contributed by atoms with van der Waals surface area (Å²) in [5.74, 6) is 0.899. The molecular formula is C18H21NO. The lowest BCUT2D eigenvalue weighted by Crippen LogP contribution is -2.16. The van der Waals surface area contributed by atoms with Gasteiger partial charge in [-0.05, 0) is 41.8 Å². The van der Waals surface area contributed by atoms with Crippen molar-refractivity contribution >= 4 is 6.08 Å². The molecule has 0 aliphatic heterocycles. The predicted molar refractivity (Wildman–Crippen MR) is 84.9 cm³/mol. The third-order valence-electron chi connectivity index (χ3n) is 3.29. The Hall–Kier alpha value is -2.06. The molecule has 0 amide bonds. The van der Waals surface area contributed by atoms with Gasteiger partial charge in [-0.15, -0.1) is 0 Å². The van der Waals surface area contributed by atoms with Crippen LogP contribution in [0.5, 0.6) is 5.75 Å². The zero-order valence-corrected chi connectivity index (χ0v) is 11.9. The van der Waals surface area contributed by atoms with E-state index in [0.29, 0.717) is 0 Å². The SMILES string of the molecule is C=Cc1ccc(CCNCc2ccc(OC)cc2)cc1. The number of methoxy groups -OCH3 is 1. The molecule has 0 bridgehead atoms. The molecule has 2 aromatic carbocycles. The van der Waals surface area contributed by atoms with E-state index in [0.717, 1.165) is 25.3 Å². The van der Waals surface area contributed by atoms with E-state index in [4.69, 9.17) is 4.74 Å². The first kappa shape index (κ1) is 14.4. The summed E-state index contributed by atoms with van der Waals surface area (Å²) in [4.78, 5) is 0.